The molecule has 0 aliphatic heterocycles. The van der Waals surface area contributed by atoms with Gasteiger partial charge < -0.3 is 10.6 Å². The number of anilines is 1. The normalized spacial score (nSPS) is 9.86. The average Bonchev–Trinajstić information content (AvgIpc) is 2.19. The quantitative estimate of drug-likeness (QED) is 0.783. The first kappa shape index (κ1) is 10.5. The van der Waals surface area contributed by atoms with Crippen molar-refractivity contribution in [3.8, 4) is 0 Å². The van der Waals surface area contributed by atoms with Gasteiger partial charge in [0.15, 0.2) is 0 Å². The fourth-order valence-electron chi connectivity index (χ4n) is 1.24. The minimum absolute atomic E-state index is 0.0673. The summed E-state index contributed by atoms with van der Waals surface area (Å²) in [4.78, 5) is 17.5. The van der Waals surface area contributed by atoms with Crippen LogP contribution in [0.2, 0.25) is 0 Å². The van der Waals surface area contributed by atoms with E-state index in [1.807, 2.05) is 13.8 Å². The standard InChI is InChI=1S/C10H15N3O/c1-3-13(4-2)10(14)9-7-8(11)5-6-12-9/h5-7H,3-4H2,1-2H3,(H2,11,12). The predicted octanol–water partition coefficient (Wildman–Crippen LogP) is 1.15. The Labute approximate surface area is 83.7 Å². The fraction of sp³-hybridized carbons (Fsp3) is 0.400. The van der Waals surface area contributed by atoms with E-state index in [0.717, 1.165) is 0 Å². The third-order valence-corrected chi connectivity index (χ3v) is 2.05. The summed E-state index contributed by atoms with van der Waals surface area (Å²) in [7, 11) is 0. The van der Waals surface area contributed by atoms with Gasteiger partial charge >= 0.3 is 0 Å². The first-order chi connectivity index (χ1) is 6.69. The molecule has 0 bridgehead atoms. The van der Waals surface area contributed by atoms with Crippen molar-refractivity contribution < 1.29 is 4.79 Å². The number of hydrogen-bond donors (Lipinski definition) is 1. The molecule has 0 radical (unpaired) electrons. The Hall–Kier alpha value is -1.58. The molecule has 1 aromatic heterocycles. The van der Waals surface area contributed by atoms with E-state index < -0.39 is 0 Å². The van der Waals surface area contributed by atoms with Crippen molar-refractivity contribution >= 4 is 11.6 Å². The van der Waals surface area contributed by atoms with Crippen molar-refractivity contribution in [2.45, 2.75) is 13.8 Å². The van der Waals surface area contributed by atoms with Gasteiger partial charge in [-0.1, -0.05) is 0 Å². The van der Waals surface area contributed by atoms with Gasteiger partial charge in [-0.3, -0.25) is 9.78 Å². The molecular formula is C10H15N3O. The molecule has 0 saturated carbocycles. The van der Waals surface area contributed by atoms with E-state index in [2.05, 4.69) is 4.98 Å². The van der Waals surface area contributed by atoms with Crippen molar-refractivity contribution in [2.75, 3.05) is 18.8 Å². The molecule has 0 fully saturated rings. The van der Waals surface area contributed by atoms with Crippen LogP contribution in [0.4, 0.5) is 5.69 Å². The Morgan fingerprint density at radius 3 is 2.64 bits per heavy atom. The maximum atomic E-state index is 11.8. The van der Waals surface area contributed by atoms with Gasteiger partial charge in [-0.25, -0.2) is 0 Å². The van der Waals surface area contributed by atoms with Gasteiger partial charge in [0.2, 0.25) is 0 Å². The molecule has 0 saturated heterocycles. The number of rotatable bonds is 3. The number of carbonyl (C=O) groups is 1. The van der Waals surface area contributed by atoms with E-state index in [0.29, 0.717) is 24.5 Å². The van der Waals surface area contributed by atoms with Crippen molar-refractivity contribution in [3.05, 3.63) is 24.0 Å². The molecule has 0 aliphatic rings. The highest BCUT2D eigenvalue weighted by Gasteiger charge is 2.13. The first-order valence-corrected chi connectivity index (χ1v) is 4.69. The highest BCUT2D eigenvalue weighted by molar-refractivity contribution is 5.92. The molecule has 0 unspecified atom stereocenters. The van der Waals surface area contributed by atoms with Crippen LogP contribution in [-0.2, 0) is 0 Å². The number of nitrogens with zero attached hydrogens (tertiary/aromatic N) is 2. The maximum absolute atomic E-state index is 11.8. The molecule has 2 N–H and O–H groups in total. The number of pyridine rings is 1. The molecule has 1 rings (SSSR count). The van der Waals surface area contributed by atoms with E-state index in [1.165, 1.54) is 0 Å². The molecule has 0 aromatic carbocycles. The number of hydrogen-bond acceptors (Lipinski definition) is 3. The van der Waals surface area contributed by atoms with Gasteiger partial charge in [-0.15, -0.1) is 0 Å². The van der Waals surface area contributed by atoms with Crippen LogP contribution in [0.5, 0.6) is 0 Å². The zero-order valence-corrected chi connectivity index (χ0v) is 8.53. The molecule has 0 aliphatic carbocycles. The summed E-state index contributed by atoms with van der Waals surface area (Å²) < 4.78 is 0. The van der Waals surface area contributed by atoms with Gasteiger partial charge in [-0.05, 0) is 26.0 Å². The molecule has 0 atom stereocenters. The lowest BCUT2D eigenvalue weighted by molar-refractivity contribution is 0.0767. The Balaban J connectivity index is 2.88. The van der Waals surface area contributed by atoms with Crippen molar-refractivity contribution in [2.24, 2.45) is 0 Å². The summed E-state index contributed by atoms with van der Waals surface area (Å²) in [5, 5.41) is 0. The Morgan fingerprint density at radius 1 is 1.50 bits per heavy atom. The largest absolute Gasteiger partial charge is 0.399 e. The highest BCUT2D eigenvalue weighted by Crippen LogP contribution is 2.06. The van der Waals surface area contributed by atoms with Crippen LogP contribution in [0, 0.1) is 0 Å². The topological polar surface area (TPSA) is 59.2 Å². The molecule has 4 nitrogen and oxygen atoms in total. The third-order valence-electron chi connectivity index (χ3n) is 2.05. The van der Waals surface area contributed by atoms with Gasteiger partial charge in [0.05, 0.1) is 0 Å². The second-order valence-corrected chi connectivity index (χ2v) is 2.95. The predicted molar refractivity (Wildman–Crippen MR) is 55.9 cm³/mol. The molecule has 76 valence electrons. The average molecular weight is 193 g/mol. The second kappa shape index (κ2) is 4.60. The Bertz CT molecular complexity index is 321. The van der Waals surface area contributed by atoms with Crippen LogP contribution in [0.3, 0.4) is 0 Å². The number of aromatic nitrogens is 1. The van der Waals surface area contributed by atoms with Crippen LogP contribution in [0.25, 0.3) is 0 Å². The molecule has 1 aromatic rings. The minimum atomic E-state index is -0.0673. The van der Waals surface area contributed by atoms with Crippen molar-refractivity contribution in [1.29, 1.82) is 0 Å². The van der Waals surface area contributed by atoms with Gasteiger partial charge in [0.1, 0.15) is 5.69 Å². The summed E-state index contributed by atoms with van der Waals surface area (Å²) in [6, 6.07) is 3.26. The minimum Gasteiger partial charge on any atom is -0.399 e. The smallest absolute Gasteiger partial charge is 0.272 e. The zero-order valence-electron chi connectivity index (χ0n) is 8.53. The molecule has 4 heteroatoms. The summed E-state index contributed by atoms with van der Waals surface area (Å²) in [5.41, 5.74) is 6.54. The van der Waals surface area contributed by atoms with E-state index in [1.54, 1.807) is 23.2 Å². The number of nitrogen functional groups attached to an aromatic ring is 1. The Kier molecular flexibility index (Phi) is 3.45. The van der Waals surface area contributed by atoms with Crippen molar-refractivity contribution in [1.82, 2.24) is 9.88 Å². The summed E-state index contributed by atoms with van der Waals surface area (Å²) in [6.07, 6.45) is 1.55. The molecule has 1 heterocycles. The number of carbonyl (C=O) groups excluding carboxylic acids is 1. The second-order valence-electron chi connectivity index (χ2n) is 2.95. The fourth-order valence-corrected chi connectivity index (χ4v) is 1.24. The Morgan fingerprint density at radius 2 is 2.14 bits per heavy atom. The summed E-state index contributed by atoms with van der Waals surface area (Å²) in [5.74, 6) is -0.0673. The molecule has 14 heavy (non-hydrogen) atoms. The molecule has 0 spiro atoms. The SMILES string of the molecule is CCN(CC)C(=O)c1cc(N)ccn1. The van der Waals surface area contributed by atoms with Crippen LogP contribution in [0.15, 0.2) is 18.3 Å². The van der Waals surface area contributed by atoms with Crippen LogP contribution in [-0.4, -0.2) is 28.9 Å². The van der Waals surface area contributed by atoms with Crippen molar-refractivity contribution in [3.63, 3.8) is 0 Å². The lowest BCUT2D eigenvalue weighted by atomic mass is 10.3. The third kappa shape index (κ3) is 2.22. The van der Waals surface area contributed by atoms with Gasteiger partial charge in [0, 0.05) is 25.0 Å². The highest BCUT2D eigenvalue weighted by atomic mass is 16.2. The number of amides is 1. The van der Waals surface area contributed by atoms with E-state index in [9.17, 15) is 4.79 Å². The molecule has 1 amide bonds. The van der Waals surface area contributed by atoms with Gasteiger partial charge in [0.25, 0.3) is 5.91 Å². The lowest BCUT2D eigenvalue weighted by Gasteiger charge is -2.17. The summed E-state index contributed by atoms with van der Waals surface area (Å²) in [6.45, 7) is 5.25. The van der Waals surface area contributed by atoms with Crippen LogP contribution >= 0.6 is 0 Å². The lowest BCUT2D eigenvalue weighted by Crippen LogP contribution is -2.31. The zero-order chi connectivity index (χ0) is 10.6. The van der Waals surface area contributed by atoms with Crippen LogP contribution in [0.1, 0.15) is 24.3 Å². The van der Waals surface area contributed by atoms with E-state index in [-0.39, 0.29) is 5.91 Å². The van der Waals surface area contributed by atoms with E-state index >= 15 is 0 Å². The maximum Gasteiger partial charge on any atom is 0.272 e. The van der Waals surface area contributed by atoms with Gasteiger partial charge in [-0.2, -0.15) is 0 Å². The molecular weight excluding hydrogens is 178 g/mol. The van der Waals surface area contributed by atoms with E-state index in [4.69, 9.17) is 5.73 Å². The van der Waals surface area contributed by atoms with Crippen LogP contribution < -0.4 is 5.73 Å². The monoisotopic (exact) mass is 193 g/mol. The summed E-state index contributed by atoms with van der Waals surface area (Å²) >= 11 is 0. The number of nitrogens with two attached hydrogens (primary N) is 1. The first-order valence-electron chi connectivity index (χ1n) is 4.69.